The Morgan fingerprint density at radius 3 is 2.34 bits per heavy atom. The number of nitrogens with one attached hydrogen (secondary N) is 1. The lowest BCUT2D eigenvalue weighted by Gasteiger charge is -2.26. The Kier molecular flexibility index (Phi) is 7.60. The van der Waals surface area contributed by atoms with Crippen LogP contribution >= 0.6 is 11.6 Å². The summed E-state index contributed by atoms with van der Waals surface area (Å²) in [6.07, 6.45) is 0. The van der Waals surface area contributed by atoms with E-state index in [0.717, 1.165) is 8.61 Å². The molecule has 8 nitrogen and oxygen atoms in total. The normalized spacial score (nSPS) is 11.2. The third-order valence-corrected chi connectivity index (χ3v) is 5.97. The van der Waals surface area contributed by atoms with E-state index in [-0.39, 0.29) is 22.9 Å². The molecule has 0 aliphatic rings. The Bertz CT molecular complexity index is 981. The molecular formula is C19H22ClN3O5S. The minimum Gasteiger partial charge on any atom is -0.462 e. The van der Waals surface area contributed by atoms with Crippen LogP contribution in [0, 0.1) is 0 Å². The quantitative estimate of drug-likeness (QED) is 0.638. The highest BCUT2D eigenvalue weighted by Crippen LogP contribution is 2.23. The van der Waals surface area contributed by atoms with Crippen molar-refractivity contribution in [3.05, 3.63) is 59.1 Å². The van der Waals surface area contributed by atoms with E-state index in [1.807, 2.05) is 0 Å². The van der Waals surface area contributed by atoms with Gasteiger partial charge in [0.15, 0.2) is 0 Å². The second-order valence-electron chi connectivity index (χ2n) is 6.10. The molecular weight excluding hydrogens is 418 g/mol. The lowest BCUT2D eigenvalue weighted by Crippen LogP contribution is -2.44. The third-order valence-electron chi connectivity index (χ3n) is 3.82. The average Bonchev–Trinajstić information content (AvgIpc) is 2.68. The number of amides is 1. The summed E-state index contributed by atoms with van der Waals surface area (Å²) in [6, 6.07) is 12.6. The van der Waals surface area contributed by atoms with Crippen LogP contribution in [0.5, 0.6) is 0 Å². The van der Waals surface area contributed by atoms with Gasteiger partial charge >= 0.3 is 16.2 Å². The molecule has 2 rings (SSSR count). The monoisotopic (exact) mass is 439 g/mol. The largest absolute Gasteiger partial charge is 0.462 e. The van der Waals surface area contributed by atoms with Crippen molar-refractivity contribution in [3.8, 4) is 0 Å². The molecule has 0 saturated heterocycles. The van der Waals surface area contributed by atoms with Gasteiger partial charge in [-0.15, -0.1) is 0 Å². The topological polar surface area (TPSA) is 96.0 Å². The number of para-hydroxylation sites is 1. The molecule has 0 atom stereocenters. The highest BCUT2D eigenvalue weighted by molar-refractivity contribution is 7.90. The molecule has 1 amide bonds. The van der Waals surface area contributed by atoms with E-state index in [0.29, 0.717) is 5.69 Å². The summed E-state index contributed by atoms with van der Waals surface area (Å²) in [5.74, 6) is -1.20. The van der Waals surface area contributed by atoms with E-state index in [1.165, 1.54) is 32.3 Å². The smallest absolute Gasteiger partial charge is 0.339 e. The Labute approximate surface area is 175 Å². The SMILES string of the molecule is CCOC(=O)c1cc(NC(=O)CN(c2ccccc2)S(=O)(=O)N(C)C)ccc1Cl. The molecule has 156 valence electrons. The zero-order chi connectivity index (χ0) is 21.6. The first-order valence-electron chi connectivity index (χ1n) is 8.68. The minimum atomic E-state index is -3.90. The number of hydrogen-bond donors (Lipinski definition) is 1. The maximum Gasteiger partial charge on any atom is 0.339 e. The molecule has 29 heavy (non-hydrogen) atoms. The van der Waals surface area contributed by atoms with Crippen molar-refractivity contribution < 1.29 is 22.7 Å². The molecule has 2 aromatic rings. The Morgan fingerprint density at radius 2 is 1.76 bits per heavy atom. The van der Waals surface area contributed by atoms with Crippen molar-refractivity contribution in [2.45, 2.75) is 6.92 Å². The molecule has 0 radical (unpaired) electrons. The number of carbonyl (C=O) groups excluding carboxylic acids is 2. The molecule has 0 aliphatic carbocycles. The number of carbonyl (C=O) groups is 2. The lowest BCUT2D eigenvalue weighted by atomic mass is 10.2. The standard InChI is InChI=1S/C19H22ClN3O5S/c1-4-28-19(25)16-12-14(10-11-17(16)20)21-18(24)13-23(29(26,27)22(2)3)15-8-6-5-7-9-15/h5-12H,4,13H2,1-3H3,(H,21,24). The summed E-state index contributed by atoms with van der Waals surface area (Å²) in [7, 11) is -1.14. The van der Waals surface area contributed by atoms with Gasteiger partial charge in [0, 0.05) is 19.8 Å². The fourth-order valence-corrected chi connectivity index (χ4v) is 3.65. The van der Waals surface area contributed by atoms with E-state index in [2.05, 4.69) is 5.32 Å². The fourth-order valence-electron chi connectivity index (χ4n) is 2.40. The van der Waals surface area contributed by atoms with Gasteiger partial charge < -0.3 is 10.1 Å². The number of benzene rings is 2. The molecule has 0 fully saturated rings. The molecule has 0 aromatic heterocycles. The number of anilines is 2. The number of halogens is 1. The van der Waals surface area contributed by atoms with Gasteiger partial charge in [-0.05, 0) is 37.3 Å². The van der Waals surface area contributed by atoms with Gasteiger partial charge in [0.05, 0.1) is 22.9 Å². The molecule has 0 heterocycles. The lowest BCUT2D eigenvalue weighted by molar-refractivity contribution is -0.114. The highest BCUT2D eigenvalue weighted by Gasteiger charge is 2.27. The summed E-state index contributed by atoms with van der Waals surface area (Å²) < 4.78 is 32.3. The maximum atomic E-state index is 12.7. The summed E-state index contributed by atoms with van der Waals surface area (Å²) >= 11 is 6.02. The highest BCUT2D eigenvalue weighted by atomic mass is 35.5. The third kappa shape index (κ3) is 5.69. The van der Waals surface area contributed by atoms with Crippen molar-refractivity contribution in [2.75, 3.05) is 36.9 Å². The Hall–Kier alpha value is -2.62. The molecule has 1 N–H and O–H groups in total. The van der Waals surface area contributed by atoms with Gasteiger partial charge in [-0.2, -0.15) is 12.7 Å². The van der Waals surface area contributed by atoms with Crippen molar-refractivity contribution in [3.63, 3.8) is 0 Å². The average molecular weight is 440 g/mol. The van der Waals surface area contributed by atoms with Crippen molar-refractivity contribution in [1.29, 1.82) is 0 Å². The van der Waals surface area contributed by atoms with Crippen LogP contribution in [0.1, 0.15) is 17.3 Å². The summed E-state index contributed by atoms with van der Waals surface area (Å²) in [6.45, 7) is 1.39. The summed E-state index contributed by atoms with van der Waals surface area (Å²) in [5.41, 5.74) is 0.740. The van der Waals surface area contributed by atoms with Crippen LogP contribution in [0.2, 0.25) is 5.02 Å². The number of esters is 1. The van der Waals surface area contributed by atoms with E-state index < -0.39 is 28.6 Å². The van der Waals surface area contributed by atoms with Gasteiger partial charge in [-0.25, -0.2) is 9.10 Å². The van der Waals surface area contributed by atoms with Gasteiger partial charge in [0.1, 0.15) is 6.54 Å². The predicted octanol–water partition coefficient (Wildman–Crippen LogP) is 2.77. The maximum absolute atomic E-state index is 12.7. The van der Waals surface area contributed by atoms with Crippen LogP contribution < -0.4 is 9.62 Å². The van der Waals surface area contributed by atoms with Crippen molar-refractivity contribution >= 4 is 45.1 Å². The number of ether oxygens (including phenoxy) is 1. The second kappa shape index (κ2) is 9.73. The second-order valence-corrected chi connectivity index (χ2v) is 8.57. The Balaban J connectivity index is 2.25. The zero-order valence-electron chi connectivity index (χ0n) is 16.3. The first kappa shape index (κ1) is 22.7. The van der Waals surface area contributed by atoms with E-state index in [9.17, 15) is 18.0 Å². The van der Waals surface area contributed by atoms with Crippen LogP contribution in [0.4, 0.5) is 11.4 Å². The summed E-state index contributed by atoms with van der Waals surface area (Å²) in [4.78, 5) is 24.5. The van der Waals surface area contributed by atoms with Gasteiger partial charge in [0.25, 0.3) is 0 Å². The minimum absolute atomic E-state index is 0.104. The van der Waals surface area contributed by atoms with Crippen LogP contribution in [0.3, 0.4) is 0 Å². The molecule has 0 aliphatic heterocycles. The molecule has 0 unspecified atom stereocenters. The molecule has 0 bridgehead atoms. The van der Waals surface area contributed by atoms with E-state index in [4.69, 9.17) is 16.3 Å². The molecule has 0 saturated carbocycles. The molecule has 0 spiro atoms. The van der Waals surface area contributed by atoms with Crippen molar-refractivity contribution in [2.24, 2.45) is 0 Å². The number of rotatable bonds is 8. The first-order chi connectivity index (χ1) is 13.7. The Morgan fingerprint density at radius 1 is 1.10 bits per heavy atom. The number of hydrogen-bond acceptors (Lipinski definition) is 5. The van der Waals surface area contributed by atoms with E-state index in [1.54, 1.807) is 37.3 Å². The first-order valence-corrected chi connectivity index (χ1v) is 10.5. The van der Waals surface area contributed by atoms with Crippen LogP contribution in [-0.2, 0) is 19.7 Å². The van der Waals surface area contributed by atoms with Gasteiger partial charge in [-0.1, -0.05) is 29.8 Å². The van der Waals surface area contributed by atoms with Crippen LogP contribution in [0.25, 0.3) is 0 Å². The van der Waals surface area contributed by atoms with Gasteiger partial charge in [0.2, 0.25) is 5.91 Å². The van der Waals surface area contributed by atoms with Crippen LogP contribution in [-0.4, -0.2) is 51.8 Å². The molecule has 10 heteroatoms. The number of nitrogens with zero attached hydrogens (tertiary/aromatic N) is 2. The zero-order valence-corrected chi connectivity index (χ0v) is 17.8. The molecule has 2 aromatic carbocycles. The summed E-state index contributed by atoms with van der Waals surface area (Å²) in [5, 5.41) is 2.77. The fraction of sp³-hybridized carbons (Fsp3) is 0.263. The van der Waals surface area contributed by atoms with Crippen LogP contribution in [0.15, 0.2) is 48.5 Å². The predicted molar refractivity (Wildman–Crippen MR) is 112 cm³/mol. The van der Waals surface area contributed by atoms with Gasteiger partial charge in [-0.3, -0.25) is 4.79 Å². The van der Waals surface area contributed by atoms with E-state index >= 15 is 0 Å². The van der Waals surface area contributed by atoms with Crippen molar-refractivity contribution in [1.82, 2.24) is 4.31 Å².